The van der Waals surface area contributed by atoms with Gasteiger partial charge in [-0.15, -0.1) is 0 Å². The average Bonchev–Trinajstić information content (AvgIpc) is 2.74. The normalized spacial score (nSPS) is 10.9. The number of aryl methyl sites for hydroxylation is 1. The lowest BCUT2D eigenvalue weighted by Crippen LogP contribution is -2.13. The van der Waals surface area contributed by atoms with Crippen LogP contribution in [0.25, 0.3) is 6.08 Å². The van der Waals surface area contributed by atoms with Crippen LogP contribution in [0.1, 0.15) is 16.7 Å². The molecule has 3 aromatic rings. The predicted molar refractivity (Wildman–Crippen MR) is 121 cm³/mol. The Morgan fingerprint density at radius 2 is 1.83 bits per heavy atom. The zero-order chi connectivity index (χ0) is 21.5. The number of amides is 1. The van der Waals surface area contributed by atoms with Crippen molar-refractivity contribution < 1.29 is 9.53 Å². The molecule has 6 heteroatoms. The SMILES string of the molecule is Cc1ccc(NC(=O)/C(C#N)=C/c2ccc(OCc3ccccc3)c(Cl)c2)cc1Cl. The van der Waals surface area contributed by atoms with E-state index in [1.807, 2.05) is 43.3 Å². The van der Waals surface area contributed by atoms with Gasteiger partial charge in [-0.2, -0.15) is 5.26 Å². The summed E-state index contributed by atoms with van der Waals surface area (Å²) in [5.41, 5.74) is 2.99. The fraction of sp³-hybridized carbons (Fsp3) is 0.0833. The molecule has 150 valence electrons. The van der Waals surface area contributed by atoms with Crippen LogP contribution in [-0.4, -0.2) is 5.91 Å². The molecule has 0 fully saturated rings. The van der Waals surface area contributed by atoms with E-state index in [0.29, 0.717) is 33.7 Å². The topological polar surface area (TPSA) is 62.1 Å². The fourth-order valence-electron chi connectivity index (χ4n) is 2.64. The molecular formula is C24H18Cl2N2O2. The van der Waals surface area contributed by atoms with Crippen LogP contribution in [-0.2, 0) is 11.4 Å². The summed E-state index contributed by atoms with van der Waals surface area (Å²) in [4.78, 5) is 12.5. The molecule has 3 rings (SSSR count). The van der Waals surface area contributed by atoms with Gasteiger partial charge < -0.3 is 10.1 Å². The Morgan fingerprint density at radius 1 is 1.07 bits per heavy atom. The highest BCUT2D eigenvalue weighted by atomic mass is 35.5. The average molecular weight is 437 g/mol. The number of rotatable bonds is 6. The minimum absolute atomic E-state index is 0.0549. The molecule has 0 saturated carbocycles. The van der Waals surface area contributed by atoms with Gasteiger partial charge in [0.05, 0.1) is 5.02 Å². The van der Waals surface area contributed by atoms with Crippen LogP contribution in [0.5, 0.6) is 5.75 Å². The molecule has 0 radical (unpaired) electrons. The van der Waals surface area contributed by atoms with Crippen molar-refractivity contribution in [1.29, 1.82) is 5.26 Å². The minimum Gasteiger partial charge on any atom is -0.487 e. The number of carbonyl (C=O) groups is 1. The van der Waals surface area contributed by atoms with Crippen molar-refractivity contribution in [3.8, 4) is 11.8 Å². The molecule has 0 aromatic heterocycles. The van der Waals surface area contributed by atoms with Gasteiger partial charge in [-0.25, -0.2) is 0 Å². The van der Waals surface area contributed by atoms with Crippen LogP contribution >= 0.6 is 23.2 Å². The first kappa shape index (κ1) is 21.4. The molecule has 1 N–H and O–H groups in total. The van der Waals surface area contributed by atoms with Crippen molar-refractivity contribution in [3.05, 3.63) is 99.0 Å². The maximum absolute atomic E-state index is 12.5. The van der Waals surface area contributed by atoms with Gasteiger partial charge >= 0.3 is 0 Å². The van der Waals surface area contributed by atoms with Crippen LogP contribution in [0.3, 0.4) is 0 Å². The van der Waals surface area contributed by atoms with Crippen molar-refractivity contribution in [2.24, 2.45) is 0 Å². The molecule has 4 nitrogen and oxygen atoms in total. The summed E-state index contributed by atoms with van der Waals surface area (Å²) in [6, 6.07) is 21.9. The van der Waals surface area contributed by atoms with Gasteiger partial charge in [-0.3, -0.25) is 4.79 Å². The Labute approximate surface area is 185 Å². The molecule has 0 aliphatic carbocycles. The number of ether oxygens (including phenoxy) is 1. The molecule has 0 aliphatic heterocycles. The molecular weight excluding hydrogens is 419 g/mol. The summed E-state index contributed by atoms with van der Waals surface area (Å²) in [5, 5.41) is 13.0. The molecule has 0 saturated heterocycles. The van der Waals surface area contributed by atoms with Gasteiger partial charge in [0.25, 0.3) is 5.91 Å². The quantitative estimate of drug-likeness (QED) is 0.357. The monoisotopic (exact) mass is 436 g/mol. The number of nitrogens with zero attached hydrogens (tertiary/aromatic N) is 1. The molecule has 0 bridgehead atoms. The van der Waals surface area contributed by atoms with E-state index in [4.69, 9.17) is 27.9 Å². The Morgan fingerprint density at radius 3 is 2.50 bits per heavy atom. The number of nitriles is 1. The highest BCUT2D eigenvalue weighted by Crippen LogP contribution is 2.27. The van der Waals surface area contributed by atoms with Crippen molar-refractivity contribution >= 4 is 40.9 Å². The minimum atomic E-state index is -0.530. The summed E-state index contributed by atoms with van der Waals surface area (Å²) in [5.74, 6) is -0.00660. The van der Waals surface area contributed by atoms with Crippen LogP contribution < -0.4 is 10.1 Å². The number of hydrogen-bond donors (Lipinski definition) is 1. The van der Waals surface area contributed by atoms with Crippen LogP contribution in [0.15, 0.2) is 72.3 Å². The summed E-state index contributed by atoms with van der Waals surface area (Å²) >= 11 is 12.4. The first-order valence-corrected chi connectivity index (χ1v) is 9.87. The zero-order valence-corrected chi connectivity index (χ0v) is 17.7. The van der Waals surface area contributed by atoms with Gasteiger partial charge in [-0.05, 0) is 54.0 Å². The van der Waals surface area contributed by atoms with Gasteiger partial charge in [0.1, 0.15) is 24.0 Å². The largest absolute Gasteiger partial charge is 0.487 e. The van der Waals surface area contributed by atoms with Crippen molar-refractivity contribution in [3.63, 3.8) is 0 Å². The Hall–Kier alpha value is -3.26. The Balaban J connectivity index is 1.71. The maximum Gasteiger partial charge on any atom is 0.266 e. The number of benzene rings is 3. The highest BCUT2D eigenvalue weighted by Gasteiger charge is 2.11. The smallest absolute Gasteiger partial charge is 0.266 e. The van der Waals surface area contributed by atoms with E-state index in [9.17, 15) is 10.1 Å². The maximum atomic E-state index is 12.5. The second kappa shape index (κ2) is 9.98. The summed E-state index contributed by atoms with van der Waals surface area (Å²) in [6.07, 6.45) is 1.47. The van der Waals surface area contributed by atoms with E-state index in [1.165, 1.54) is 6.08 Å². The van der Waals surface area contributed by atoms with Gasteiger partial charge in [0.2, 0.25) is 0 Å². The molecule has 30 heavy (non-hydrogen) atoms. The van der Waals surface area contributed by atoms with Crippen molar-refractivity contribution in [2.45, 2.75) is 13.5 Å². The third kappa shape index (κ3) is 5.64. The second-order valence-electron chi connectivity index (χ2n) is 6.55. The standard InChI is InChI=1S/C24H18Cl2N2O2/c1-16-7-9-20(13-21(16)25)28-24(29)19(14-27)11-18-8-10-23(22(26)12-18)30-15-17-5-3-2-4-6-17/h2-13H,15H2,1H3,(H,28,29)/b19-11+. The summed E-state index contributed by atoms with van der Waals surface area (Å²) < 4.78 is 5.75. The summed E-state index contributed by atoms with van der Waals surface area (Å²) in [6.45, 7) is 2.26. The number of nitrogens with one attached hydrogen (secondary N) is 1. The first-order chi connectivity index (χ1) is 14.5. The molecule has 0 heterocycles. The Kier molecular flexibility index (Phi) is 7.13. The van der Waals surface area contributed by atoms with E-state index < -0.39 is 5.91 Å². The molecule has 0 atom stereocenters. The van der Waals surface area contributed by atoms with Crippen LogP contribution in [0.2, 0.25) is 10.0 Å². The lowest BCUT2D eigenvalue weighted by molar-refractivity contribution is -0.112. The van der Waals surface area contributed by atoms with E-state index >= 15 is 0 Å². The van der Waals surface area contributed by atoms with Gasteiger partial charge in [-0.1, -0.05) is 65.7 Å². The van der Waals surface area contributed by atoms with Crippen molar-refractivity contribution in [2.75, 3.05) is 5.32 Å². The number of hydrogen-bond acceptors (Lipinski definition) is 3. The second-order valence-corrected chi connectivity index (χ2v) is 7.37. The van der Waals surface area contributed by atoms with Crippen molar-refractivity contribution in [1.82, 2.24) is 0 Å². The first-order valence-electron chi connectivity index (χ1n) is 9.12. The lowest BCUT2D eigenvalue weighted by atomic mass is 10.1. The highest BCUT2D eigenvalue weighted by molar-refractivity contribution is 6.32. The molecule has 1 amide bonds. The van der Waals surface area contributed by atoms with E-state index in [2.05, 4.69) is 5.32 Å². The zero-order valence-electron chi connectivity index (χ0n) is 16.2. The number of halogens is 2. The van der Waals surface area contributed by atoms with Gasteiger partial charge in [0.15, 0.2) is 0 Å². The number of carbonyl (C=O) groups excluding carboxylic acids is 1. The predicted octanol–water partition coefficient (Wildman–Crippen LogP) is 6.43. The fourth-order valence-corrected chi connectivity index (χ4v) is 3.07. The van der Waals surface area contributed by atoms with E-state index in [1.54, 1.807) is 36.4 Å². The molecule has 0 unspecified atom stereocenters. The Bertz CT molecular complexity index is 1140. The number of anilines is 1. The third-order valence-corrected chi connectivity index (χ3v) is 5.00. The van der Waals surface area contributed by atoms with E-state index in [-0.39, 0.29) is 5.57 Å². The molecule has 0 aliphatic rings. The molecule has 3 aromatic carbocycles. The lowest BCUT2D eigenvalue weighted by Gasteiger charge is -2.09. The van der Waals surface area contributed by atoms with Gasteiger partial charge in [0, 0.05) is 10.7 Å². The van der Waals surface area contributed by atoms with E-state index in [0.717, 1.165) is 11.1 Å². The molecule has 0 spiro atoms. The van der Waals surface area contributed by atoms with Crippen LogP contribution in [0.4, 0.5) is 5.69 Å². The third-order valence-electron chi connectivity index (χ3n) is 4.30. The van der Waals surface area contributed by atoms with Crippen LogP contribution in [0, 0.1) is 18.3 Å². The summed E-state index contributed by atoms with van der Waals surface area (Å²) in [7, 11) is 0.